The van der Waals surface area contributed by atoms with Gasteiger partial charge in [0.25, 0.3) is 0 Å². The number of nitrogens with one attached hydrogen (secondary N) is 2. The maximum atomic E-state index is 13.2. The van der Waals surface area contributed by atoms with E-state index in [1.165, 1.54) is 23.3 Å². The summed E-state index contributed by atoms with van der Waals surface area (Å²) in [7, 11) is 0. The normalized spacial score (nSPS) is 13.9. The summed E-state index contributed by atoms with van der Waals surface area (Å²) in [6.45, 7) is 1.30. The maximum absolute atomic E-state index is 13.2. The van der Waals surface area contributed by atoms with E-state index >= 15 is 0 Å². The molecule has 0 bridgehead atoms. The Hall–Kier alpha value is -2.82. The Labute approximate surface area is 132 Å². The highest BCUT2D eigenvalue weighted by atomic mass is 19.1. The number of hydrogen-bond donors (Lipinski definition) is 2. The smallest absolute Gasteiger partial charge is 0.322 e. The van der Waals surface area contributed by atoms with Gasteiger partial charge in [-0.15, -0.1) is 0 Å². The lowest BCUT2D eigenvalue weighted by molar-refractivity contribution is 0.206. The van der Waals surface area contributed by atoms with Crippen LogP contribution in [-0.4, -0.2) is 22.5 Å². The van der Waals surface area contributed by atoms with Crippen LogP contribution in [0, 0.1) is 5.82 Å². The summed E-state index contributed by atoms with van der Waals surface area (Å²) in [4.78, 5) is 17.3. The molecule has 2 amide bonds. The van der Waals surface area contributed by atoms with E-state index in [1.807, 2.05) is 12.1 Å². The third-order valence-corrected chi connectivity index (χ3v) is 4.30. The molecule has 0 atom stereocenters. The number of nitrogens with zero attached hydrogens (tertiary/aromatic N) is 1. The quantitative estimate of drug-likeness (QED) is 0.704. The summed E-state index contributed by atoms with van der Waals surface area (Å²) in [6.07, 6.45) is 2.56. The van der Waals surface area contributed by atoms with Crippen molar-refractivity contribution in [3.8, 4) is 0 Å². The molecule has 1 aromatic heterocycles. The minimum absolute atomic E-state index is 0.135. The molecule has 5 heteroatoms. The van der Waals surface area contributed by atoms with Crippen LogP contribution < -0.4 is 5.32 Å². The molecule has 0 saturated heterocycles. The van der Waals surface area contributed by atoms with Crippen LogP contribution in [0.1, 0.15) is 11.1 Å². The third kappa shape index (κ3) is 2.54. The van der Waals surface area contributed by atoms with Crippen LogP contribution in [0.2, 0.25) is 0 Å². The van der Waals surface area contributed by atoms with Crippen LogP contribution in [-0.2, 0) is 13.0 Å². The first-order valence-electron chi connectivity index (χ1n) is 7.60. The van der Waals surface area contributed by atoms with E-state index < -0.39 is 0 Å². The number of urea groups is 1. The van der Waals surface area contributed by atoms with Crippen molar-refractivity contribution in [2.45, 2.75) is 13.0 Å². The molecule has 0 fully saturated rings. The Bertz CT molecular complexity index is 887. The molecule has 0 spiro atoms. The molecule has 2 N–H and O–H groups in total. The number of H-pyrrole nitrogens is 1. The van der Waals surface area contributed by atoms with Crippen molar-refractivity contribution >= 4 is 22.6 Å². The molecular formula is C18H16FN3O. The molecule has 1 aliphatic heterocycles. The van der Waals surface area contributed by atoms with Crippen LogP contribution >= 0.6 is 0 Å². The molecule has 0 radical (unpaired) electrons. The Balaban J connectivity index is 1.54. The predicted octanol–water partition coefficient (Wildman–Crippen LogP) is 3.90. The predicted molar refractivity (Wildman–Crippen MR) is 87.8 cm³/mol. The Kier molecular flexibility index (Phi) is 3.26. The molecule has 0 unspecified atom stereocenters. The van der Waals surface area contributed by atoms with E-state index in [1.54, 1.807) is 17.2 Å². The molecule has 3 aromatic rings. The first kappa shape index (κ1) is 13.8. The van der Waals surface area contributed by atoms with Crippen LogP contribution in [0.15, 0.2) is 48.7 Å². The zero-order valence-electron chi connectivity index (χ0n) is 12.5. The number of hydrogen-bond acceptors (Lipinski definition) is 1. The second kappa shape index (κ2) is 5.43. The highest BCUT2D eigenvalue weighted by molar-refractivity contribution is 6.01. The standard InChI is InChI=1S/C18H16FN3O/c19-14-5-6-15-16(9-14)20-10-17(15)21-18(23)22-8-7-12-3-1-2-4-13(12)11-22/h1-6,9-10,20H,7-8,11H2,(H,21,23). The summed E-state index contributed by atoms with van der Waals surface area (Å²) in [5.41, 5.74) is 3.84. The average Bonchev–Trinajstić information content (AvgIpc) is 2.96. The minimum Gasteiger partial charge on any atom is -0.359 e. The third-order valence-electron chi connectivity index (χ3n) is 4.30. The van der Waals surface area contributed by atoms with Crippen LogP contribution in [0.3, 0.4) is 0 Å². The number of halogens is 1. The molecule has 1 aliphatic rings. The van der Waals surface area contributed by atoms with E-state index in [-0.39, 0.29) is 11.8 Å². The van der Waals surface area contributed by atoms with Gasteiger partial charge in [-0.1, -0.05) is 24.3 Å². The Morgan fingerprint density at radius 3 is 2.87 bits per heavy atom. The topological polar surface area (TPSA) is 48.1 Å². The van der Waals surface area contributed by atoms with Crippen molar-refractivity contribution in [1.29, 1.82) is 0 Å². The Morgan fingerprint density at radius 2 is 2.00 bits per heavy atom. The van der Waals surface area contributed by atoms with Gasteiger partial charge < -0.3 is 15.2 Å². The number of fused-ring (bicyclic) bond motifs is 2. The first-order chi connectivity index (χ1) is 11.2. The highest BCUT2D eigenvalue weighted by Crippen LogP contribution is 2.25. The number of carbonyl (C=O) groups is 1. The number of aromatic amines is 1. The van der Waals surface area contributed by atoms with Gasteiger partial charge in [0.2, 0.25) is 0 Å². The molecule has 2 aromatic carbocycles. The molecular weight excluding hydrogens is 293 g/mol. The molecule has 0 saturated carbocycles. The summed E-state index contributed by atoms with van der Waals surface area (Å²) < 4.78 is 13.2. The largest absolute Gasteiger partial charge is 0.359 e. The van der Waals surface area contributed by atoms with Gasteiger partial charge >= 0.3 is 6.03 Å². The first-order valence-corrected chi connectivity index (χ1v) is 7.60. The molecule has 23 heavy (non-hydrogen) atoms. The van der Waals surface area contributed by atoms with Crippen LogP contribution in [0.25, 0.3) is 10.9 Å². The fraction of sp³-hybridized carbons (Fsp3) is 0.167. The van der Waals surface area contributed by atoms with Crippen molar-refractivity contribution in [1.82, 2.24) is 9.88 Å². The van der Waals surface area contributed by atoms with Gasteiger partial charge in [-0.05, 0) is 35.7 Å². The number of benzene rings is 2. The van der Waals surface area contributed by atoms with E-state index in [4.69, 9.17) is 0 Å². The van der Waals surface area contributed by atoms with E-state index in [2.05, 4.69) is 22.4 Å². The lowest BCUT2D eigenvalue weighted by atomic mass is 10.0. The van der Waals surface area contributed by atoms with Gasteiger partial charge in [0.15, 0.2) is 0 Å². The van der Waals surface area contributed by atoms with Gasteiger partial charge in [0.1, 0.15) is 5.82 Å². The lowest BCUT2D eigenvalue weighted by Crippen LogP contribution is -2.38. The summed E-state index contributed by atoms with van der Waals surface area (Å²) in [6, 6.07) is 12.5. The van der Waals surface area contributed by atoms with Crippen molar-refractivity contribution in [2.24, 2.45) is 0 Å². The fourth-order valence-corrected chi connectivity index (χ4v) is 3.07. The number of anilines is 1. The summed E-state index contributed by atoms with van der Waals surface area (Å²) >= 11 is 0. The Morgan fingerprint density at radius 1 is 1.17 bits per heavy atom. The minimum atomic E-state index is -0.301. The number of aromatic nitrogens is 1. The van der Waals surface area contributed by atoms with Crippen molar-refractivity contribution in [3.63, 3.8) is 0 Å². The van der Waals surface area contributed by atoms with Gasteiger partial charge in [-0.2, -0.15) is 0 Å². The zero-order chi connectivity index (χ0) is 15.8. The fourth-order valence-electron chi connectivity index (χ4n) is 3.07. The van der Waals surface area contributed by atoms with E-state index in [0.717, 1.165) is 11.8 Å². The molecule has 116 valence electrons. The van der Waals surface area contributed by atoms with E-state index in [0.29, 0.717) is 24.3 Å². The van der Waals surface area contributed by atoms with Crippen molar-refractivity contribution in [3.05, 3.63) is 65.6 Å². The molecule has 4 nitrogen and oxygen atoms in total. The molecule has 0 aliphatic carbocycles. The summed E-state index contributed by atoms with van der Waals surface area (Å²) in [5, 5.41) is 3.72. The van der Waals surface area contributed by atoms with Gasteiger partial charge in [-0.25, -0.2) is 9.18 Å². The zero-order valence-corrected chi connectivity index (χ0v) is 12.5. The van der Waals surface area contributed by atoms with Gasteiger partial charge in [0.05, 0.1) is 11.2 Å². The van der Waals surface area contributed by atoms with Crippen LogP contribution in [0.4, 0.5) is 14.9 Å². The van der Waals surface area contributed by atoms with Gasteiger partial charge in [-0.3, -0.25) is 0 Å². The van der Waals surface area contributed by atoms with Gasteiger partial charge in [0, 0.05) is 24.7 Å². The van der Waals surface area contributed by atoms with Crippen molar-refractivity contribution in [2.75, 3.05) is 11.9 Å². The van der Waals surface area contributed by atoms with E-state index in [9.17, 15) is 9.18 Å². The van der Waals surface area contributed by atoms with Crippen LogP contribution in [0.5, 0.6) is 0 Å². The van der Waals surface area contributed by atoms with Crippen molar-refractivity contribution < 1.29 is 9.18 Å². The maximum Gasteiger partial charge on any atom is 0.322 e. The average molecular weight is 309 g/mol. The SMILES string of the molecule is O=C(Nc1c[nH]c2cc(F)ccc12)N1CCc2ccccc2C1. The number of carbonyl (C=O) groups excluding carboxylic acids is 1. The summed E-state index contributed by atoms with van der Waals surface area (Å²) in [5.74, 6) is -0.301. The highest BCUT2D eigenvalue weighted by Gasteiger charge is 2.21. The second-order valence-electron chi connectivity index (χ2n) is 5.76. The number of amides is 2. The monoisotopic (exact) mass is 309 g/mol. The second-order valence-corrected chi connectivity index (χ2v) is 5.76. The molecule has 2 heterocycles. The molecule has 4 rings (SSSR count). The lowest BCUT2D eigenvalue weighted by Gasteiger charge is -2.28. The number of rotatable bonds is 1.